The molecule has 0 atom stereocenters. The zero-order valence-corrected chi connectivity index (χ0v) is 27.3. The molecular weight excluding hydrogens is 601 g/mol. The van der Waals surface area contributed by atoms with Gasteiger partial charge in [-0.1, -0.05) is 158 Å². The molecule has 0 unspecified atom stereocenters. The molecule has 0 aromatic heterocycles. The summed E-state index contributed by atoms with van der Waals surface area (Å²) < 4.78 is 0. The van der Waals surface area contributed by atoms with Crippen molar-refractivity contribution in [3.8, 4) is 44.5 Å². The van der Waals surface area contributed by atoms with E-state index >= 15 is 0 Å². The van der Waals surface area contributed by atoms with E-state index in [2.05, 4.69) is 182 Å². The SMILES string of the molecule is c1ccc(-c2cc3cccc4cc(-c5ccccc5)c5c6c(-c7ccccc7)cc7cccc8cc(-c9ccccc9)c(c2c5c34)c6c87)cc1. The Hall–Kier alpha value is -6.50. The predicted octanol–water partition coefficient (Wildman–Crippen LogP) is 14.1. The van der Waals surface area contributed by atoms with Crippen molar-refractivity contribution in [3.63, 3.8) is 0 Å². The molecule has 11 aromatic carbocycles. The molecule has 0 N–H and O–H groups in total. The van der Waals surface area contributed by atoms with Gasteiger partial charge in [-0.25, -0.2) is 0 Å². The van der Waals surface area contributed by atoms with Crippen LogP contribution in [0.3, 0.4) is 0 Å². The average Bonchev–Trinajstić information content (AvgIpc) is 3.19. The van der Waals surface area contributed by atoms with Gasteiger partial charge in [-0.2, -0.15) is 0 Å². The molecule has 0 fully saturated rings. The Morgan fingerprint density at radius 2 is 0.420 bits per heavy atom. The van der Waals surface area contributed by atoms with Crippen LogP contribution in [0.1, 0.15) is 0 Å². The van der Waals surface area contributed by atoms with Crippen LogP contribution >= 0.6 is 0 Å². The number of rotatable bonds is 4. The number of hydrogen-bond acceptors (Lipinski definition) is 0. The quantitative estimate of drug-likeness (QED) is 0.134. The van der Waals surface area contributed by atoms with Gasteiger partial charge in [0.2, 0.25) is 0 Å². The summed E-state index contributed by atoms with van der Waals surface area (Å²) in [6.07, 6.45) is 0. The summed E-state index contributed by atoms with van der Waals surface area (Å²) >= 11 is 0. The fourth-order valence-electron chi connectivity index (χ4n) is 8.86. The molecule has 0 heterocycles. The van der Waals surface area contributed by atoms with Crippen LogP contribution < -0.4 is 0 Å². The maximum Gasteiger partial charge on any atom is -0.000137 e. The lowest BCUT2D eigenvalue weighted by molar-refractivity contribution is 1.65. The van der Waals surface area contributed by atoms with E-state index in [0.29, 0.717) is 0 Å². The molecular formula is C50H30. The molecule has 11 aromatic rings. The summed E-state index contributed by atoms with van der Waals surface area (Å²) in [6.45, 7) is 0. The molecule has 230 valence electrons. The van der Waals surface area contributed by atoms with E-state index in [1.807, 2.05) is 0 Å². The molecule has 0 saturated heterocycles. The first-order valence-electron chi connectivity index (χ1n) is 17.4. The van der Waals surface area contributed by atoms with Gasteiger partial charge in [0.1, 0.15) is 0 Å². The van der Waals surface area contributed by atoms with E-state index in [1.54, 1.807) is 0 Å². The monoisotopic (exact) mass is 630 g/mol. The van der Waals surface area contributed by atoms with Gasteiger partial charge in [0.25, 0.3) is 0 Å². The molecule has 0 bridgehead atoms. The van der Waals surface area contributed by atoms with E-state index in [-0.39, 0.29) is 0 Å². The molecule has 0 nitrogen and oxygen atoms in total. The largest absolute Gasteiger partial charge is 0.0622 e. The van der Waals surface area contributed by atoms with Crippen molar-refractivity contribution in [3.05, 3.63) is 182 Å². The van der Waals surface area contributed by atoms with Crippen LogP contribution in [-0.2, 0) is 0 Å². The Morgan fingerprint density at radius 3 is 0.660 bits per heavy atom. The van der Waals surface area contributed by atoms with Crippen LogP contribution in [0.25, 0.3) is 109 Å². The third-order valence-corrected chi connectivity index (χ3v) is 10.9. The number of benzene rings is 11. The number of fused-ring (bicyclic) bond motifs is 2. The summed E-state index contributed by atoms with van der Waals surface area (Å²) in [4.78, 5) is 0. The first-order chi connectivity index (χ1) is 24.8. The zero-order chi connectivity index (χ0) is 32.8. The summed E-state index contributed by atoms with van der Waals surface area (Å²) in [5.74, 6) is 0. The Morgan fingerprint density at radius 1 is 0.180 bits per heavy atom. The van der Waals surface area contributed by atoms with Crippen molar-refractivity contribution in [2.24, 2.45) is 0 Å². The highest BCUT2D eigenvalue weighted by atomic mass is 14.3. The van der Waals surface area contributed by atoms with Crippen molar-refractivity contribution in [1.29, 1.82) is 0 Å². The van der Waals surface area contributed by atoms with Crippen LogP contribution in [0.5, 0.6) is 0 Å². The van der Waals surface area contributed by atoms with Crippen molar-refractivity contribution >= 4 is 64.6 Å². The highest BCUT2D eigenvalue weighted by Gasteiger charge is 2.27. The zero-order valence-electron chi connectivity index (χ0n) is 27.3. The van der Waals surface area contributed by atoms with Crippen LogP contribution in [0, 0.1) is 0 Å². The van der Waals surface area contributed by atoms with Crippen molar-refractivity contribution < 1.29 is 0 Å². The maximum atomic E-state index is 2.45. The van der Waals surface area contributed by atoms with Gasteiger partial charge >= 0.3 is 0 Å². The third-order valence-electron chi connectivity index (χ3n) is 10.9. The molecule has 11 rings (SSSR count). The molecule has 0 aliphatic rings. The van der Waals surface area contributed by atoms with E-state index in [9.17, 15) is 0 Å². The maximum absolute atomic E-state index is 2.45. The fourth-order valence-corrected chi connectivity index (χ4v) is 8.86. The van der Waals surface area contributed by atoms with Crippen molar-refractivity contribution in [1.82, 2.24) is 0 Å². The van der Waals surface area contributed by atoms with Crippen molar-refractivity contribution in [2.75, 3.05) is 0 Å². The van der Waals surface area contributed by atoms with E-state index < -0.39 is 0 Å². The molecule has 50 heavy (non-hydrogen) atoms. The van der Waals surface area contributed by atoms with Gasteiger partial charge in [-0.3, -0.25) is 0 Å². The minimum atomic E-state index is 1.24. The molecule has 0 amide bonds. The summed E-state index contributed by atoms with van der Waals surface area (Å²) in [6, 6.07) is 67.5. The normalized spacial score (nSPS) is 12.0. The molecule has 0 aliphatic heterocycles. The van der Waals surface area contributed by atoms with Gasteiger partial charge in [0, 0.05) is 0 Å². The smallest absolute Gasteiger partial charge is 0.000137 e. The lowest BCUT2D eigenvalue weighted by atomic mass is 9.76. The van der Waals surface area contributed by atoms with Crippen LogP contribution in [0.4, 0.5) is 0 Å². The van der Waals surface area contributed by atoms with Gasteiger partial charge in [-0.05, 0) is 133 Å². The first kappa shape index (κ1) is 27.5. The van der Waals surface area contributed by atoms with Gasteiger partial charge in [0.05, 0.1) is 0 Å². The van der Waals surface area contributed by atoms with Crippen molar-refractivity contribution in [2.45, 2.75) is 0 Å². The Balaban J connectivity index is 1.55. The predicted molar refractivity (Wildman–Crippen MR) is 216 cm³/mol. The van der Waals surface area contributed by atoms with E-state index in [4.69, 9.17) is 0 Å². The molecule has 0 radical (unpaired) electrons. The van der Waals surface area contributed by atoms with Gasteiger partial charge < -0.3 is 0 Å². The topological polar surface area (TPSA) is 0 Å². The highest BCUT2D eigenvalue weighted by molar-refractivity contribution is 6.46. The second-order valence-corrected chi connectivity index (χ2v) is 13.6. The van der Waals surface area contributed by atoms with E-state index in [1.165, 1.54) is 109 Å². The van der Waals surface area contributed by atoms with Crippen LogP contribution in [0.2, 0.25) is 0 Å². The van der Waals surface area contributed by atoms with E-state index in [0.717, 1.165) is 0 Å². The molecule has 0 heteroatoms. The third kappa shape index (κ3) is 3.82. The lowest BCUT2D eigenvalue weighted by Crippen LogP contribution is -1.98. The summed E-state index contributed by atoms with van der Waals surface area (Å²) in [5, 5.41) is 15.8. The fraction of sp³-hybridized carbons (Fsp3) is 0. The lowest BCUT2D eigenvalue weighted by Gasteiger charge is -2.26. The highest BCUT2D eigenvalue weighted by Crippen LogP contribution is 2.55. The molecule has 0 spiro atoms. The molecule has 0 aliphatic carbocycles. The minimum absolute atomic E-state index is 1.24. The van der Waals surface area contributed by atoms with Gasteiger partial charge in [0.15, 0.2) is 0 Å². The second kappa shape index (κ2) is 10.5. The number of hydrogen-bond donors (Lipinski definition) is 0. The Labute approximate surface area is 290 Å². The Bertz CT molecular complexity index is 2620. The van der Waals surface area contributed by atoms with Gasteiger partial charge in [-0.15, -0.1) is 0 Å². The molecule has 0 saturated carbocycles. The second-order valence-electron chi connectivity index (χ2n) is 13.6. The standard InChI is InChI=1S/C50H30/c1-5-15-31(16-6-1)39-27-35-23-13-24-36-29-41(33-19-9-3-10-20-33)47-48-42(34-21-11-4-12-22-34)30-38-26-14-25-37-28-40(32-17-7-2-8-18-32)46(50(48)44(37)38)45(39)49(47)43(35)36/h1-30H. The minimum Gasteiger partial charge on any atom is -0.0622 e. The van der Waals surface area contributed by atoms with Crippen LogP contribution in [0.15, 0.2) is 182 Å². The Kier molecular flexibility index (Phi) is 5.76. The average molecular weight is 631 g/mol. The summed E-state index contributed by atoms with van der Waals surface area (Å²) in [5.41, 5.74) is 10.0. The summed E-state index contributed by atoms with van der Waals surface area (Å²) in [7, 11) is 0. The first-order valence-corrected chi connectivity index (χ1v) is 17.4. The van der Waals surface area contributed by atoms with Crippen LogP contribution in [-0.4, -0.2) is 0 Å².